The summed E-state index contributed by atoms with van der Waals surface area (Å²) in [6.45, 7) is 4.01. The monoisotopic (exact) mass is 344 g/mol. The first-order valence-corrected chi connectivity index (χ1v) is 9.94. The van der Waals surface area contributed by atoms with Gasteiger partial charge >= 0.3 is 0 Å². The number of amides is 1. The van der Waals surface area contributed by atoms with Crippen LogP contribution in [0.2, 0.25) is 0 Å². The van der Waals surface area contributed by atoms with E-state index in [0.717, 1.165) is 44.6 Å². The third-order valence-corrected chi connectivity index (χ3v) is 6.01. The van der Waals surface area contributed by atoms with E-state index in [0.29, 0.717) is 18.4 Å². The van der Waals surface area contributed by atoms with Gasteiger partial charge in [0.15, 0.2) is 0 Å². The molecular weight excluding hydrogens is 312 g/mol. The largest absolute Gasteiger partial charge is 0.396 e. The van der Waals surface area contributed by atoms with Crippen LogP contribution in [-0.4, -0.2) is 48.7 Å². The highest BCUT2D eigenvalue weighted by atomic mass is 16.3. The lowest BCUT2D eigenvalue weighted by atomic mass is 9.84. The summed E-state index contributed by atoms with van der Waals surface area (Å²) in [5.74, 6) is 1.16. The molecule has 2 N–H and O–H groups in total. The molecule has 1 amide bonds. The maximum absolute atomic E-state index is 12.9. The SMILES string of the molecule is O=C(NCCN1CCC(CO)CC1)[C@@H](c1ccccc1)C1CCCC1. The van der Waals surface area contributed by atoms with Crippen molar-refractivity contribution in [1.29, 1.82) is 0 Å². The number of aliphatic hydroxyl groups excluding tert-OH is 1. The molecular formula is C21H32N2O2. The molecule has 1 aliphatic heterocycles. The highest BCUT2D eigenvalue weighted by Gasteiger charge is 2.31. The number of benzene rings is 1. The molecule has 1 atom stereocenters. The van der Waals surface area contributed by atoms with Gasteiger partial charge in [-0.1, -0.05) is 43.2 Å². The molecule has 0 aromatic heterocycles. The molecule has 3 rings (SSSR count). The minimum Gasteiger partial charge on any atom is -0.396 e. The van der Waals surface area contributed by atoms with E-state index in [4.69, 9.17) is 0 Å². The van der Waals surface area contributed by atoms with Gasteiger partial charge in [-0.25, -0.2) is 0 Å². The van der Waals surface area contributed by atoms with E-state index in [1.807, 2.05) is 18.2 Å². The van der Waals surface area contributed by atoms with Crippen LogP contribution >= 0.6 is 0 Å². The van der Waals surface area contributed by atoms with Crippen molar-refractivity contribution in [2.24, 2.45) is 11.8 Å². The quantitative estimate of drug-likeness (QED) is 0.800. The Balaban J connectivity index is 1.51. The number of rotatable bonds is 7. The van der Waals surface area contributed by atoms with Crippen molar-refractivity contribution in [2.45, 2.75) is 44.4 Å². The Morgan fingerprint density at radius 1 is 1.12 bits per heavy atom. The van der Waals surface area contributed by atoms with Gasteiger partial charge in [-0.15, -0.1) is 0 Å². The lowest BCUT2D eigenvalue weighted by Gasteiger charge is -2.31. The smallest absolute Gasteiger partial charge is 0.227 e. The molecule has 1 saturated carbocycles. The Kier molecular flexibility index (Phi) is 6.88. The second-order valence-electron chi connectivity index (χ2n) is 7.69. The van der Waals surface area contributed by atoms with E-state index < -0.39 is 0 Å². The van der Waals surface area contributed by atoms with Gasteiger partial charge in [0, 0.05) is 19.7 Å². The fraction of sp³-hybridized carbons (Fsp3) is 0.667. The van der Waals surface area contributed by atoms with Crippen molar-refractivity contribution in [1.82, 2.24) is 10.2 Å². The molecule has 0 radical (unpaired) electrons. The third kappa shape index (κ3) is 5.05. The molecule has 1 heterocycles. The summed E-state index contributed by atoms with van der Waals surface area (Å²) >= 11 is 0. The molecule has 1 aromatic carbocycles. The number of aliphatic hydroxyl groups is 1. The van der Waals surface area contributed by atoms with Gasteiger partial charge in [-0.05, 0) is 56.2 Å². The van der Waals surface area contributed by atoms with E-state index in [9.17, 15) is 9.90 Å². The highest BCUT2D eigenvalue weighted by molar-refractivity contribution is 5.84. The second kappa shape index (κ2) is 9.35. The van der Waals surface area contributed by atoms with Gasteiger partial charge in [0.1, 0.15) is 0 Å². The van der Waals surface area contributed by atoms with Crippen LogP contribution in [0.5, 0.6) is 0 Å². The molecule has 25 heavy (non-hydrogen) atoms. The summed E-state index contributed by atoms with van der Waals surface area (Å²) in [7, 11) is 0. The first-order chi connectivity index (χ1) is 12.3. The minimum atomic E-state index is 0.00354. The zero-order valence-electron chi connectivity index (χ0n) is 15.2. The maximum Gasteiger partial charge on any atom is 0.227 e. The zero-order valence-corrected chi connectivity index (χ0v) is 15.2. The molecule has 1 aliphatic carbocycles. The number of likely N-dealkylation sites (tertiary alicyclic amines) is 1. The van der Waals surface area contributed by atoms with Gasteiger partial charge < -0.3 is 15.3 Å². The number of hydrogen-bond acceptors (Lipinski definition) is 3. The Morgan fingerprint density at radius 2 is 1.80 bits per heavy atom. The Morgan fingerprint density at radius 3 is 2.44 bits per heavy atom. The summed E-state index contributed by atoms with van der Waals surface area (Å²) in [5, 5.41) is 12.4. The standard InChI is InChI=1S/C21H32N2O2/c24-16-17-10-13-23(14-11-17)15-12-22-21(25)20(19-8-4-5-9-19)18-6-2-1-3-7-18/h1-3,6-7,17,19-20,24H,4-5,8-16H2,(H,22,25)/t20-/m0/s1. The van der Waals surface area contributed by atoms with Crippen LogP contribution < -0.4 is 5.32 Å². The van der Waals surface area contributed by atoms with Crippen LogP contribution in [0.1, 0.15) is 50.0 Å². The van der Waals surface area contributed by atoms with Gasteiger partial charge in [0.05, 0.1) is 5.92 Å². The molecule has 0 spiro atoms. The van der Waals surface area contributed by atoms with Crippen molar-refractivity contribution in [2.75, 3.05) is 32.8 Å². The van der Waals surface area contributed by atoms with Crippen LogP contribution in [0.25, 0.3) is 0 Å². The maximum atomic E-state index is 12.9. The van der Waals surface area contributed by atoms with Gasteiger partial charge in [-0.2, -0.15) is 0 Å². The van der Waals surface area contributed by atoms with Gasteiger partial charge in [-0.3, -0.25) is 4.79 Å². The Hall–Kier alpha value is -1.39. The lowest BCUT2D eigenvalue weighted by Crippen LogP contribution is -2.41. The lowest BCUT2D eigenvalue weighted by molar-refractivity contribution is -0.123. The number of carbonyl (C=O) groups is 1. The molecule has 0 bridgehead atoms. The van der Waals surface area contributed by atoms with E-state index in [-0.39, 0.29) is 11.8 Å². The number of nitrogens with zero attached hydrogens (tertiary/aromatic N) is 1. The van der Waals surface area contributed by atoms with Crippen molar-refractivity contribution in [3.8, 4) is 0 Å². The molecule has 1 aromatic rings. The minimum absolute atomic E-state index is 0.00354. The van der Waals surface area contributed by atoms with Crippen molar-refractivity contribution >= 4 is 5.91 Å². The third-order valence-electron chi connectivity index (χ3n) is 6.01. The van der Waals surface area contributed by atoms with Crippen molar-refractivity contribution < 1.29 is 9.90 Å². The number of piperidine rings is 1. The number of carbonyl (C=O) groups excluding carboxylic acids is 1. The Bertz CT molecular complexity index is 520. The van der Waals surface area contributed by atoms with Gasteiger partial charge in [0.2, 0.25) is 5.91 Å². The summed E-state index contributed by atoms with van der Waals surface area (Å²) in [6, 6.07) is 10.3. The predicted molar refractivity (Wildman–Crippen MR) is 100 cm³/mol. The average molecular weight is 344 g/mol. The van der Waals surface area contributed by atoms with Crippen LogP contribution in [0.3, 0.4) is 0 Å². The van der Waals surface area contributed by atoms with Crippen LogP contribution in [0.4, 0.5) is 0 Å². The summed E-state index contributed by atoms with van der Waals surface area (Å²) in [6.07, 6.45) is 6.98. The van der Waals surface area contributed by atoms with Crippen LogP contribution in [0.15, 0.2) is 30.3 Å². The Labute approximate surface area is 151 Å². The fourth-order valence-electron chi connectivity index (χ4n) is 4.43. The van der Waals surface area contributed by atoms with Crippen LogP contribution in [0, 0.1) is 11.8 Å². The summed E-state index contributed by atoms with van der Waals surface area (Å²) < 4.78 is 0. The summed E-state index contributed by atoms with van der Waals surface area (Å²) in [4.78, 5) is 15.3. The molecule has 4 nitrogen and oxygen atoms in total. The van der Waals surface area contributed by atoms with E-state index in [1.54, 1.807) is 0 Å². The molecule has 1 saturated heterocycles. The molecule has 4 heteroatoms. The predicted octanol–water partition coefficient (Wildman–Crippen LogP) is 2.78. The molecule has 138 valence electrons. The van der Waals surface area contributed by atoms with E-state index in [2.05, 4.69) is 22.3 Å². The molecule has 2 aliphatic rings. The fourth-order valence-corrected chi connectivity index (χ4v) is 4.43. The first kappa shape index (κ1) is 18.4. The first-order valence-electron chi connectivity index (χ1n) is 9.94. The van der Waals surface area contributed by atoms with Gasteiger partial charge in [0.25, 0.3) is 0 Å². The van der Waals surface area contributed by atoms with E-state index >= 15 is 0 Å². The molecule has 0 unspecified atom stereocenters. The summed E-state index contributed by atoms with van der Waals surface area (Å²) in [5.41, 5.74) is 1.16. The topological polar surface area (TPSA) is 52.6 Å². The highest BCUT2D eigenvalue weighted by Crippen LogP contribution is 2.37. The zero-order chi connectivity index (χ0) is 17.5. The van der Waals surface area contributed by atoms with E-state index in [1.165, 1.54) is 25.7 Å². The number of nitrogens with one attached hydrogen (secondary N) is 1. The molecule has 2 fully saturated rings. The second-order valence-corrected chi connectivity index (χ2v) is 7.69. The average Bonchev–Trinajstić information content (AvgIpc) is 3.17. The normalized spacial score (nSPS) is 21.3. The van der Waals surface area contributed by atoms with Crippen molar-refractivity contribution in [3.05, 3.63) is 35.9 Å². The van der Waals surface area contributed by atoms with Crippen LogP contribution in [-0.2, 0) is 4.79 Å². The number of hydrogen-bond donors (Lipinski definition) is 2. The van der Waals surface area contributed by atoms with Crippen molar-refractivity contribution in [3.63, 3.8) is 0 Å².